The van der Waals surface area contributed by atoms with Gasteiger partial charge < -0.3 is 14.7 Å². The molecule has 2 rings (SSSR count). The Kier molecular flexibility index (Phi) is 5.64. The molecule has 1 fully saturated rings. The lowest BCUT2D eigenvalue weighted by atomic mass is 10.1. The molecule has 0 saturated carbocycles. The van der Waals surface area contributed by atoms with Gasteiger partial charge in [0.2, 0.25) is 0 Å². The first-order valence-corrected chi connectivity index (χ1v) is 8.07. The Bertz CT molecular complexity index is 503. The maximum atomic E-state index is 12.4. The van der Waals surface area contributed by atoms with Crippen LogP contribution < -0.4 is 0 Å². The van der Waals surface area contributed by atoms with E-state index in [0.717, 1.165) is 17.1 Å². The summed E-state index contributed by atoms with van der Waals surface area (Å²) in [6.07, 6.45) is 0. The molecule has 1 aliphatic rings. The zero-order valence-electron chi connectivity index (χ0n) is 11.9. The summed E-state index contributed by atoms with van der Waals surface area (Å²) in [5, 5.41) is 9.17. The van der Waals surface area contributed by atoms with Gasteiger partial charge in [-0.15, -0.1) is 0 Å². The van der Waals surface area contributed by atoms with E-state index >= 15 is 0 Å². The molecule has 0 spiro atoms. The van der Waals surface area contributed by atoms with Gasteiger partial charge in [0.1, 0.15) is 0 Å². The smallest absolute Gasteiger partial charge is 0.328 e. The largest absolute Gasteiger partial charge is 0.480 e. The fourth-order valence-corrected chi connectivity index (χ4v) is 2.81. The first-order chi connectivity index (χ1) is 10.1. The zero-order chi connectivity index (χ0) is 15.2. The maximum Gasteiger partial charge on any atom is 0.328 e. The number of hydrogen-bond donors (Lipinski definition) is 1. The lowest BCUT2D eigenvalue weighted by molar-refractivity contribution is -0.147. The van der Waals surface area contributed by atoms with Gasteiger partial charge in [-0.05, 0) is 23.4 Å². The van der Waals surface area contributed by atoms with Crippen molar-refractivity contribution in [2.45, 2.75) is 18.7 Å². The van der Waals surface area contributed by atoms with Crippen molar-refractivity contribution in [3.63, 3.8) is 0 Å². The number of ether oxygens (including phenoxy) is 1. The van der Waals surface area contributed by atoms with Crippen LogP contribution in [0.2, 0.25) is 0 Å². The van der Waals surface area contributed by atoms with E-state index in [1.807, 2.05) is 23.9 Å². The number of benzene rings is 1. The molecule has 5 nitrogen and oxygen atoms in total. The van der Waals surface area contributed by atoms with Gasteiger partial charge in [-0.2, -0.15) is 11.8 Å². The molecule has 1 aliphatic heterocycles. The van der Waals surface area contributed by atoms with Crippen molar-refractivity contribution in [3.8, 4) is 0 Å². The van der Waals surface area contributed by atoms with E-state index in [4.69, 9.17) is 9.84 Å². The summed E-state index contributed by atoms with van der Waals surface area (Å²) >= 11 is 1.82. The lowest BCUT2D eigenvalue weighted by Gasteiger charge is -2.32. The average Bonchev–Trinajstić information content (AvgIpc) is 2.52. The van der Waals surface area contributed by atoms with Gasteiger partial charge in [0.15, 0.2) is 6.04 Å². The Labute approximate surface area is 128 Å². The number of rotatable bonds is 5. The van der Waals surface area contributed by atoms with Gasteiger partial charge in [0.25, 0.3) is 5.91 Å². The molecule has 1 N–H and O–H groups in total. The van der Waals surface area contributed by atoms with E-state index in [0.29, 0.717) is 18.7 Å². The fourth-order valence-electron chi connectivity index (χ4n) is 2.18. The van der Waals surface area contributed by atoms with Gasteiger partial charge >= 0.3 is 5.97 Å². The molecule has 0 aliphatic carbocycles. The average molecular weight is 309 g/mol. The summed E-state index contributed by atoms with van der Waals surface area (Å²) in [7, 11) is 0. The molecule has 1 unspecified atom stereocenters. The van der Waals surface area contributed by atoms with Crippen LogP contribution in [0.25, 0.3) is 0 Å². The number of amides is 1. The van der Waals surface area contributed by atoms with Gasteiger partial charge in [0.05, 0.1) is 13.2 Å². The molecule has 6 heteroatoms. The van der Waals surface area contributed by atoms with Gasteiger partial charge in [-0.1, -0.05) is 19.1 Å². The molecule has 1 heterocycles. The fraction of sp³-hybridized carbons (Fsp3) is 0.467. The molecule has 0 radical (unpaired) electrons. The third-order valence-corrected chi connectivity index (χ3v) is 4.29. The second-order valence-corrected chi connectivity index (χ2v) is 6.04. The summed E-state index contributed by atoms with van der Waals surface area (Å²) in [5.74, 6) is 0.689. The zero-order valence-corrected chi connectivity index (χ0v) is 12.8. The molecular weight excluding hydrogens is 290 g/mol. The predicted octanol–water partition coefficient (Wildman–Crippen LogP) is 1.87. The number of carboxylic acids is 1. The molecule has 1 aromatic carbocycles. The molecule has 1 saturated heterocycles. The Morgan fingerprint density at radius 2 is 2.10 bits per heavy atom. The van der Waals surface area contributed by atoms with E-state index in [2.05, 4.69) is 6.92 Å². The number of carbonyl (C=O) groups is 2. The highest BCUT2D eigenvalue weighted by molar-refractivity contribution is 7.98. The SMILES string of the molecule is CCSCc1ccc(C(=O)N2CCOCC2C(=O)O)cc1. The summed E-state index contributed by atoms with van der Waals surface area (Å²) in [4.78, 5) is 25.0. The Morgan fingerprint density at radius 1 is 1.38 bits per heavy atom. The van der Waals surface area contributed by atoms with E-state index in [9.17, 15) is 9.59 Å². The minimum Gasteiger partial charge on any atom is -0.480 e. The van der Waals surface area contributed by atoms with Crippen LogP contribution in [-0.2, 0) is 15.3 Å². The number of thioether (sulfide) groups is 1. The Balaban J connectivity index is 2.09. The molecule has 1 aromatic rings. The van der Waals surface area contributed by atoms with Crippen LogP contribution in [0.5, 0.6) is 0 Å². The number of hydrogen-bond acceptors (Lipinski definition) is 4. The van der Waals surface area contributed by atoms with Crippen molar-refractivity contribution in [2.75, 3.05) is 25.5 Å². The van der Waals surface area contributed by atoms with Gasteiger partial charge in [0, 0.05) is 17.9 Å². The third kappa shape index (κ3) is 3.98. The number of carbonyl (C=O) groups excluding carboxylic acids is 1. The summed E-state index contributed by atoms with van der Waals surface area (Å²) in [5.41, 5.74) is 1.68. The van der Waals surface area contributed by atoms with Crippen molar-refractivity contribution >= 4 is 23.6 Å². The van der Waals surface area contributed by atoms with Crippen molar-refractivity contribution in [1.29, 1.82) is 0 Å². The van der Waals surface area contributed by atoms with E-state index in [1.54, 1.807) is 12.1 Å². The van der Waals surface area contributed by atoms with Crippen LogP contribution in [0.3, 0.4) is 0 Å². The molecule has 0 aromatic heterocycles. The predicted molar refractivity (Wildman–Crippen MR) is 81.6 cm³/mol. The maximum absolute atomic E-state index is 12.4. The van der Waals surface area contributed by atoms with Gasteiger partial charge in [-0.25, -0.2) is 4.79 Å². The monoisotopic (exact) mass is 309 g/mol. The van der Waals surface area contributed by atoms with E-state index in [-0.39, 0.29) is 12.5 Å². The highest BCUT2D eigenvalue weighted by atomic mass is 32.2. The van der Waals surface area contributed by atoms with E-state index in [1.165, 1.54) is 4.90 Å². The topological polar surface area (TPSA) is 66.8 Å². The van der Waals surface area contributed by atoms with Crippen molar-refractivity contribution in [3.05, 3.63) is 35.4 Å². The number of aliphatic carboxylic acids is 1. The highest BCUT2D eigenvalue weighted by Crippen LogP contribution is 2.16. The first kappa shape index (κ1) is 15.9. The van der Waals surface area contributed by atoms with Crippen molar-refractivity contribution < 1.29 is 19.4 Å². The second kappa shape index (κ2) is 7.47. The quantitative estimate of drug-likeness (QED) is 0.899. The second-order valence-electron chi connectivity index (χ2n) is 4.76. The third-order valence-electron chi connectivity index (χ3n) is 3.35. The van der Waals surface area contributed by atoms with Crippen LogP contribution in [0.4, 0.5) is 0 Å². The Morgan fingerprint density at radius 3 is 2.71 bits per heavy atom. The molecule has 1 amide bonds. The summed E-state index contributed by atoms with van der Waals surface area (Å²) < 4.78 is 5.15. The number of nitrogens with zero attached hydrogens (tertiary/aromatic N) is 1. The lowest BCUT2D eigenvalue weighted by Crippen LogP contribution is -2.52. The summed E-state index contributed by atoms with van der Waals surface area (Å²) in [6.45, 7) is 2.84. The minimum absolute atomic E-state index is 0.0479. The normalized spacial score (nSPS) is 18.5. The molecule has 114 valence electrons. The number of carboxylic acid groups (broad SMARTS) is 1. The summed E-state index contributed by atoms with van der Waals surface area (Å²) in [6, 6.07) is 6.48. The van der Waals surface area contributed by atoms with Gasteiger partial charge in [-0.3, -0.25) is 4.79 Å². The molecule has 1 atom stereocenters. The van der Waals surface area contributed by atoms with Crippen LogP contribution >= 0.6 is 11.8 Å². The minimum atomic E-state index is -1.03. The first-order valence-electron chi connectivity index (χ1n) is 6.91. The van der Waals surface area contributed by atoms with Crippen molar-refractivity contribution in [1.82, 2.24) is 4.90 Å². The van der Waals surface area contributed by atoms with Crippen LogP contribution in [-0.4, -0.2) is 53.4 Å². The van der Waals surface area contributed by atoms with Crippen LogP contribution in [0, 0.1) is 0 Å². The van der Waals surface area contributed by atoms with Crippen LogP contribution in [0.1, 0.15) is 22.8 Å². The molecule has 0 bridgehead atoms. The molecular formula is C15H19NO4S. The van der Waals surface area contributed by atoms with Crippen molar-refractivity contribution in [2.24, 2.45) is 0 Å². The standard InChI is InChI=1S/C15H19NO4S/c1-2-21-10-11-3-5-12(6-4-11)14(17)16-7-8-20-9-13(16)15(18)19/h3-6,13H,2,7-10H2,1H3,(H,18,19). The van der Waals surface area contributed by atoms with E-state index < -0.39 is 12.0 Å². The molecule has 21 heavy (non-hydrogen) atoms. The number of morpholine rings is 1. The Hall–Kier alpha value is -1.53. The highest BCUT2D eigenvalue weighted by Gasteiger charge is 2.33. The van der Waals surface area contributed by atoms with Crippen LogP contribution in [0.15, 0.2) is 24.3 Å².